The average molecular weight is 1410 g/mol. The Morgan fingerprint density at radius 1 is 0.310 bits per heavy atom. The Labute approximate surface area is 613 Å². The van der Waals surface area contributed by atoms with Crippen molar-refractivity contribution in [2.75, 3.05) is 172 Å². The monoisotopic (exact) mass is 1410 g/mol. The fourth-order valence-electron chi connectivity index (χ4n) is 10.4. The number of allylic oxidation sites excluding steroid dienone is 14. The molecule has 0 saturated carbocycles. The zero-order valence-corrected chi connectivity index (χ0v) is 68.9. The van der Waals surface area contributed by atoms with Crippen molar-refractivity contribution in [3.05, 3.63) is 82.4 Å². The molecule has 0 aliphatic carbocycles. The highest BCUT2D eigenvalue weighted by molar-refractivity contribution is 5.90. The van der Waals surface area contributed by atoms with Gasteiger partial charge in [-0.2, -0.15) is 0 Å². The Kier molecular flexibility index (Phi) is 70.9. The quantitative estimate of drug-likeness (QED) is 0.0222. The normalized spacial score (nSPS) is 13.9. The summed E-state index contributed by atoms with van der Waals surface area (Å²) in [6.07, 6.45) is 21.3. The van der Waals surface area contributed by atoms with Crippen LogP contribution in [0.3, 0.4) is 0 Å². The van der Waals surface area contributed by atoms with E-state index < -0.39 is 0 Å². The molecular formula is C79H154N14O7. The van der Waals surface area contributed by atoms with Crippen LogP contribution in [0.2, 0.25) is 0 Å². The SMILES string of the molecule is CC(=O)/C=C(/C)NCCCN(C(C)C)C(C)C.CC(=O)/C=C(/C)NCCCN(C)C.CC(=O)/C=C(/C)NCCCN1CCCC1.CC(=O)/C=C(/C)NCCN(C)C.CC(=O)/C=C(/C)NCCN1CCCC1.CCN(CC)CCCN/C(C)=C\C(C)=O.CCN(CC)CCN/C(C)=C\C(C)=O. The van der Waals surface area contributed by atoms with Crippen molar-refractivity contribution in [3.8, 4) is 0 Å². The highest BCUT2D eigenvalue weighted by Crippen LogP contribution is 2.08. The van der Waals surface area contributed by atoms with Gasteiger partial charge in [0.1, 0.15) is 0 Å². The number of nitrogens with zero attached hydrogens (tertiary/aromatic N) is 7. The van der Waals surface area contributed by atoms with Crippen molar-refractivity contribution >= 4 is 40.5 Å². The highest BCUT2D eigenvalue weighted by atomic mass is 16.1. The molecule has 7 N–H and O–H groups in total. The van der Waals surface area contributed by atoms with Gasteiger partial charge in [0.2, 0.25) is 0 Å². The van der Waals surface area contributed by atoms with Crippen molar-refractivity contribution in [1.82, 2.24) is 71.5 Å². The largest absolute Gasteiger partial charge is 0.388 e. The summed E-state index contributed by atoms with van der Waals surface area (Å²) in [4.78, 5) is 91.6. The summed E-state index contributed by atoms with van der Waals surface area (Å²) in [5, 5.41) is 22.5. The third-order valence-electron chi connectivity index (χ3n) is 15.4. The molecule has 2 saturated heterocycles. The summed E-state index contributed by atoms with van der Waals surface area (Å²) < 4.78 is 0. The zero-order valence-electron chi connectivity index (χ0n) is 68.9. The number of likely N-dealkylation sites (N-methyl/N-ethyl adjacent to an activating group) is 2. The van der Waals surface area contributed by atoms with Gasteiger partial charge in [-0.3, -0.25) is 38.5 Å². The van der Waals surface area contributed by atoms with Crippen molar-refractivity contribution in [2.45, 2.75) is 216 Å². The van der Waals surface area contributed by atoms with E-state index in [1.807, 2.05) is 62.6 Å². The first-order valence-electron chi connectivity index (χ1n) is 37.4. The van der Waals surface area contributed by atoms with Crippen molar-refractivity contribution < 1.29 is 33.6 Å². The third-order valence-corrected chi connectivity index (χ3v) is 15.4. The second-order valence-corrected chi connectivity index (χ2v) is 27.2. The molecule has 0 spiro atoms. The van der Waals surface area contributed by atoms with Gasteiger partial charge in [-0.1, -0.05) is 27.7 Å². The minimum absolute atomic E-state index is 0.0878. The van der Waals surface area contributed by atoms with Gasteiger partial charge in [-0.05, 0) is 319 Å². The maximum absolute atomic E-state index is 10.8. The molecule has 100 heavy (non-hydrogen) atoms. The van der Waals surface area contributed by atoms with Crippen molar-refractivity contribution in [2.24, 2.45) is 0 Å². The van der Waals surface area contributed by atoms with Crippen LogP contribution in [0.25, 0.3) is 0 Å². The predicted octanol–water partition coefficient (Wildman–Crippen LogP) is 10.2. The molecule has 2 rings (SSSR count). The average Bonchev–Trinajstić information content (AvgIpc) is 1.77. The Bertz CT molecular complexity index is 2300. The van der Waals surface area contributed by atoms with Gasteiger partial charge in [-0.15, -0.1) is 0 Å². The van der Waals surface area contributed by atoms with Crippen molar-refractivity contribution in [3.63, 3.8) is 0 Å². The lowest BCUT2D eigenvalue weighted by atomic mass is 10.2. The number of nitrogens with one attached hydrogen (secondary N) is 7. The Morgan fingerprint density at radius 2 is 0.550 bits per heavy atom. The minimum Gasteiger partial charge on any atom is -0.388 e. The van der Waals surface area contributed by atoms with Gasteiger partial charge >= 0.3 is 0 Å². The van der Waals surface area contributed by atoms with Gasteiger partial charge < -0.3 is 66.6 Å². The van der Waals surface area contributed by atoms with E-state index in [1.165, 1.54) is 58.4 Å². The van der Waals surface area contributed by atoms with E-state index in [0.29, 0.717) is 12.1 Å². The Hall–Kier alpha value is -5.81. The predicted molar refractivity (Wildman–Crippen MR) is 427 cm³/mol. The summed E-state index contributed by atoms with van der Waals surface area (Å²) in [7, 11) is 8.15. The van der Waals surface area contributed by atoms with E-state index in [0.717, 1.165) is 177 Å². The van der Waals surface area contributed by atoms with Gasteiger partial charge in [-0.25, -0.2) is 0 Å². The topological polar surface area (TPSA) is 226 Å². The third kappa shape index (κ3) is 79.5. The van der Waals surface area contributed by atoms with Crippen LogP contribution in [-0.2, 0) is 33.6 Å². The number of likely N-dealkylation sites (tertiary alicyclic amines) is 2. The molecule has 0 bridgehead atoms. The fourth-order valence-corrected chi connectivity index (χ4v) is 10.4. The van der Waals surface area contributed by atoms with E-state index in [9.17, 15) is 33.6 Å². The fraction of sp³-hybridized carbons (Fsp3) is 0.734. The van der Waals surface area contributed by atoms with E-state index in [2.05, 4.69) is 141 Å². The maximum atomic E-state index is 10.8. The molecule has 0 radical (unpaired) electrons. The molecule has 0 atom stereocenters. The lowest BCUT2D eigenvalue weighted by Gasteiger charge is -2.30. The molecule has 0 unspecified atom stereocenters. The summed E-state index contributed by atoms with van der Waals surface area (Å²) in [5.74, 6) is 0.695. The van der Waals surface area contributed by atoms with Gasteiger partial charge in [0.05, 0.1) is 0 Å². The van der Waals surface area contributed by atoms with E-state index in [1.54, 1.807) is 91.0 Å². The number of carbonyl (C=O) groups excluding carboxylic acids is 7. The molecule has 2 aliphatic heterocycles. The van der Waals surface area contributed by atoms with Crippen LogP contribution in [-0.4, -0.2) is 259 Å². The molecule has 2 aliphatic rings. The molecule has 0 aromatic rings. The molecular weight excluding hydrogens is 1260 g/mol. The Balaban J connectivity index is -0.000000352. The maximum Gasteiger partial charge on any atom is 0.154 e. The number of hydrogen-bond donors (Lipinski definition) is 7. The van der Waals surface area contributed by atoms with Crippen LogP contribution >= 0.6 is 0 Å². The number of ketones is 7. The molecule has 21 nitrogen and oxygen atoms in total. The molecule has 0 amide bonds. The van der Waals surface area contributed by atoms with Crippen LogP contribution in [0.15, 0.2) is 82.4 Å². The van der Waals surface area contributed by atoms with Crippen LogP contribution in [0, 0.1) is 0 Å². The molecule has 582 valence electrons. The van der Waals surface area contributed by atoms with Gasteiger partial charge in [0, 0.05) is 124 Å². The molecule has 2 fully saturated rings. The number of carbonyl (C=O) groups is 7. The standard InChI is InChI=1S/C14H28N2O.C12H22N2O.C12H24N2O.C11H20N2O.C11H22N2O.C10H20N2O.C9H18N2O/c1-11(2)16(12(3)4)9-7-8-15-13(5)10-14(6)17;1-11(10-12(2)15)13-6-5-9-14-7-3-4-8-14;1-5-14(6-2)9-7-8-13-11(3)10-12(4)15;1-10(9-11(2)14)12-5-8-13-6-3-4-7-13;1-5-13(6-2)8-7-12-10(3)9-11(4)14;1-9(8-10(2)13)11-6-5-7-12(3)4;1-8(7-9(2)12)10-5-6-11(3)4/h10-12,15H,7-9H2,1-6H3;10,13H,3-9H2,1-2H3;10,13H,5-9H2,1-4H3;9,12H,3-8H2,1-2H3;9,12H,5-8H2,1-4H3;8,11H,5-7H2,1-4H3;7,10H,5-6H2,1-4H3/b13-10-;2*11-10-;2*10-9-;9-8-;8-7-. The summed E-state index contributed by atoms with van der Waals surface area (Å²) in [6.45, 7) is 65.4. The highest BCUT2D eigenvalue weighted by Gasteiger charge is 2.13. The minimum atomic E-state index is 0.0878. The van der Waals surface area contributed by atoms with E-state index in [-0.39, 0.29) is 40.5 Å². The molecule has 0 aromatic carbocycles. The van der Waals surface area contributed by atoms with Gasteiger partial charge in [0.15, 0.2) is 40.5 Å². The van der Waals surface area contributed by atoms with Crippen LogP contribution < -0.4 is 37.2 Å². The second kappa shape index (κ2) is 68.9. The van der Waals surface area contributed by atoms with E-state index in [4.69, 9.17) is 0 Å². The van der Waals surface area contributed by atoms with Crippen LogP contribution in [0.4, 0.5) is 0 Å². The smallest absolute Gasteiger partial charge is 0.154 e. The number of rotatable bonds is 45. The van der Waals surface area contributed by atoms with Crippen molar-refractivity contribution in [1.29, 1.82) is 0 Å². The van der Waals surface area contributed by atoms with Crippen LogP contribution in [0.5, 0.6) is 0 Å². The first-order chi connectivity index (χ1) is 46.9. The molecule has 0 aromatic heterocycles. The molecule has 21 heteroatoms. The lowest BCUT2D eigenvalue weighted by molar-refractivity contribution is -0.113. The van der Waals surface area contributed by atoms with E-state index >= 15 is 0 Å². The Morgan fingerprint density at radius 3 is 0.830 bits per heavy atom. The second-order valence-electron chi connectivity index (χ2n) is 27.2. The van der Waals surface area contributed by atoms with Gasteiger partial charge in [0.25, 0.3) is 0 Å². The molecule has 2 heterocycles. The van der Waals surface area contributed by atoms with Crippen LogP contribution in [0.1, 0.15) is 204 Å². The summed E-state index contributed by atoms with van der Waals surface area (Å²) >= 11 is 0. The summed E-state index contributed by atoms with van der Waals surface area (Å²) in [5.41, 5.74) is 6.70. The first-order valence-corrected chi connectivity index (χ1v) is 37.4. The zero-order chi connectivity index (χ0) is 77.4. The first kappa shape index (κ1) is 103. The summed E-state index contributed by atoms with van der Waals surface area (Å²) in [6, 6.07) is 1.17. The number of hydrogen-bond acceptors (Lipinski definition) is 21. The lowest BCUT2D eigenvalue weighted by Crippen LogP contribution is -2.38.